The van der Waals surface area contributed by atoms with Gasteiger partial charge in [0.1, 0.15) is 28.1 Å². The van der Waals surface area contributed by atoms with Gasteiger partial charge in [-0.25, -0.2) is 0 Å². The van der Waals surface area contributed by atoms with Gasteiger partial charge < -0.3 is 10.2 Å². The molecule has 0 spiro atoms. The Bertz CT molecular complexity index is 824. The number of phenols is 2. The van der Waals surface area contributed by atoms with E-state index in [1.807, 2.05) is 0 Å². The number of rotatable bonds is 2. The van der Waals surface area contributed by atoms with Crippen molar-refractivity contribution in [3.05, 3.63) is 35.9 Å². The number of hydrogen-bond donors (Lipinski definition) is 3. The lowest BCUT2D eigenvalue weighted by atomic mass is 9.98. The first kappa shape index (κ1) is 12.2. The number of aromatic nitrogens is 3. The van der Waals surface area contributed by atoms with Crippen molar-refractivity contribution in [1.29, 1.82) is 0 Å². The van der Waals surface area contributed by atoms with Crippen LogP contribution in [0.15, 0.2) is 30.3 Å². The zero-order valence-corrected chi connectivity index (χ0v) is 10.6. The minimum absolute atomic E-state index is 0.0944. The van der Waals surface area contributed by atoms with Crippen LogP contribution >= 0.6 is 0 Å². The first-order chi connectivity index (χ1) is 9.59. The number of nitrogens with one attached hydrogen (secondary N) is 1. The van der Waals surface area contributed by atoms with E-state index < -0.39 is 5.78 Å². The monoisotopic (exact) mass is 269 g/mol. The van der Waals surface area contributed by atoms with Crippen molar-refractivity contribution >= 4 is 16.8 Å². The molecule has 0 radical (unpaired) electrons. The molecule has 3 aromatic rings. The van der Waals surface area contributed by atoms with Crippen LogP contribution in [0.5, 0.6) is 11.5 Å². The molecule has 1 aromatic heterocycles. The van der Waals surface area contributed by atoms with Gasteiger partial charge in [0, 0.05) is 11.1 Å². The number of nitrogens with zero attached hydrogens (tertiary/aromatic N) is 2. The van der Waals surface area contributed by atoms with Crippen LogP contribution in [0, 0.1) is 0 Å². The molecule has 0 amide bonds. The molecule has 0 fully saturated rings. The van der Waals surface area contributed by atoms with Gasteiger partial charge in [-0.3, -0.25) is 4.79 Å². The zero-order chi connectivity index (χ0) is 14.3. The number of aromatic amines is 1. The van der Waals surface area contributed by atoms with Crippen molar-refractivity contribution in [3.63, 3.8) is 0 Å². The molecule has 100 valence electrons. The smallest absolute Gasteiger partial charge is 0.167 e. The van der Waals surface area contributed by atoms with Crippen LogP contribution in [0.25, 0.3) is 22.2 Å². The van der Waals surface area contributed by atoms with Crippen LogP contribution in [-0.2, 0) is 0 Å². The molecule has 0 atom stereocenters. The van der Waals surface area contributed by atoms with Crippen molar-refractivity contribution in [2.24, 2.45) is 0 Å². The van der Waals surface area contributed by atoms with Crippen LogP contribution in [0.3, 0.4) is 0 Å². The molecule has 20 heavy (non-hydrogen) atoms. The van der Waals surface area contributed by atoms with Gasteiger partial charge in [0.05, 0.1) is 0 Å². The topological polar surface area (TPSA) is 99.1 Å². The summed E-state index contributed by atoms with van der Waals surface area (Å²) in [6, 6.07) is 8.25. The number of carbonyl (C=O) groups excluding carboxylic acids is 1. The van der Waals surface area contributed by atoms with E-state index in [-0.39, 0.29) is 17.1 Å². The average Bonchev–Trinajstić information content (AvgIpc) is 2.87. The summed E-state index contributed by atoms with van der Waals surface area (Å²) in [6.07, 6.45) is 0. The predicted molar refractivity (Wildman–Crippen MR) is 72.7 cm³/mol. The van der Waals surface area contributed by atoms with Gasteiger partial charge in [-0.15, -0.1) is 0 Å². The van der Waals surface area contributed by atoms with Gasteiger partial charge in [0.2, 0.25) is 0 Å². The van der Waals surface area contributed by atoms with Crippen LogP contribution in [-0.4, -0.2) is 31.4 Å². The van der Waals surface area contributed by atoms with Crippen LogP contribution in [0.4, 0.5) is 0 Å². The highest BCUT2D eigenvalue weighted by Gasteiger charge is 2.19. The number of aromatic hydroxyl groups is 2. The standard InChI is InChI=1S/C14H11N3O3/c1-7(18)12-11(19)6-5-9(14(12)20)8-3-2-4-10-13(8)16-17-15-10/h2-6,19-20H,1H3,(H,15,16,17). The minimum atomic E-state index is -0.408. The molecule has 0 bridgehead atoms. The molecule has 0 saturated carbocycles. The number of carbonyl (C=O) groups is 1. The first-order valence-corrected chi connectivity index (χ1v) is 5.95. The summed E-state index contributed by atoms with van der Waals surface area (Å²) in [4.78, 5) is 11.5. The van der Waals surface area contributed by atoms with Gasteiger partial charge in [-0.1, -0.05) is 12.1 Å². The number of para-hydroxylation sites is 1. The Morgan fingerprint density at radius 1 is 1.10 bits per heavy atom. The van der Waals surface area contributed by atoms with Crippen molar-refractivity contribution in [2.75, 3.05) is 0 Å². The third-order valence-corrected chi connectivity index (χ3v) is 3.15. The van der Waals surface area contributed by atoms with Crippen molar-refractivity contribution < 1.29 is 15.0 Å². The van der Waals surface area contributed by atoms with E-state index in [1.165, 1.54) is 13.0 Å². The second-order valence-electron chi connectivity index (χ2n) is 4.41. The molecular weight excluding hydrogens is 258 g/mol. The number of Topliss-reactive ketones (excluding diaryl/α,β-unsaturated/α-hetero) is 1. The van der Waals surface area contributed by atoms with E-state index in [2.05, 4.69) is 15.4 Å². The predicted octanol–water partition coefficient (Wildman–Crippen LogP) is 2.24. The fourth-order valence-corrected chi connectivity index (χ4v) is 2.23. The van der Waals surface area contributed by atoms with E-state index in [0.717, 1.165) is 0 Å². The normalized spacial score (nSPS) is 10.8. The van der Waals surface area contributed by atoms with E-state index in [0.29, 0.717) is 22.2 Å². The van der Waals surface area contributed by atoms with Crippen LogP contribution < -0.4 is 0 Å². The third kappa shape index (κ3) is 1.70. The molecule has 2 aromatic carbocycles. The minimum Gasteiger partial charge on any atom is -0.507 e. The summed E-state index contributed by atoms with van der Waals surface area (Å²) in [5.41, 5.74) is 2.20. The fraction of sp³-hybridized carbons (Fsp3) is 0.0714. The SMILES string of the molecule is CC(=O)c1c(O)ccc(-c2cccc3n[nH]nc23)c1O. The number of fused-ring (bicyclic) bond motifs is 1. The molecule has 0 unspecified atom stereocenters. The second-order valence-corrected chi connectivity index (χ2v) is 4.41. The van der Waals surface area contributed by atoms with E-state index in [4.69, 9.17) is 0 Å². The molecule has 0 aliphatic heterocycles. The Morgan fingerprint density at radius 2 is 1.90 bits per heavy atom. The van der Waals surface area contributed by atoms with Gasteiger partial charge in [-0.2, -0.15) is 15.4 Å². The Morgan fingerprint density at radius 3 is 2.65 bits per heavy atom. The van der Waals surface area contributed by atoms with Crippen molar-refractivity contribution in [1.82, 2.24) is 15.4 Å². The summed E-state index contributed by atoms with van der Waals surface area (Å²) in [5, 5.41) is 30.5. The van der Waals surface area contributed by atoms with E-state index >= 15 is 0 Å². The average molecular weight is 269 g/mol. The highest BCUT2D eigenvalue weighted by Crippen LogP contribution is 2.39. The van der Waals surface area contributed by atoms with Gasteiger partial charge in [-0.05, 0) is 25.1 Å². The fourth-order valence-electron chi connectivity index (χ4n) is 2.23. The number of benzene rings is 2. The lowest BCUT2D eigenvalue weighted by Crippen LogP contribution is -1.95. The molecule has 0 aliphatic rings. The van der Waals surface area contributed by atoms with Gasteiger partial charge in [0.25, 0.3) is 0 Å². The Labute approximate surface area is 113 Å². The Balaban J connectivity index is 2.33. The number of H-pyrrole nitrogens is 1. The molecule has 3 rings (SSSR count). The summed E-state index contributed by atoms with van der Waals surface area (Å²) in [5.74, 6) is -0.909. The maximum atomic E-state index is 11.5. The molecule has 6 nitrogen and oxygen atoms in total. The van der Waals surface area contributed by atoms with Gasteiger partial charge in [0.15, 0.2) is 5.78 Å². The highest BCUT2D eigenvalue weighted by molar-refractivity contribution is 6.03. The molecule has 1 heterocycles. The lowest BCUT2D eigenvalue weighted by Gasteiger charge is -2.10. The highest BCUT2D eigenvalue weighted by atomic mass is 16.3. The number of hydrogen-bond acceptors (Lipinski definition) is 5. The summed E-state index contributed by atoms with van der Waals surface area (Å²) >= 11 is 0. The molecule has 0 saturated heterocycles. The van der Waals surface area contributed by atoms with Crippen molar-refractivity contribution in [3.8, 4) is 22.6 Å². The maximum Gasteiger partial charge on any atom is 0.167 e. The number of ketones is 1. The molecule has 3 N–H and O–H groups in total. The molecule has 0 aliphatic carbocycles. The van der Waals surface area contributed by atoms with Crippen LogP contribution in [0.2, 0.25) is 0 Å². The van der Waals surface area contributed by atoms with Crippen molar-refractivity contribution in [2.45, 2.75) is 6.92 Å². The van der Waals surface area contributed by atoms with Crippen LogP contribution in [0.1, 0.15) is 17.3 Å². The quantitative estimate of drug-likeness (QED) is 0.619. The first-order valence-electron chi connectivity index (χ1n) is 5.95. The third-order valence-electron chi connectivity index (χ3n) is 3.15. The lowest BCUT2D eigenvalue weighted by molar-refractivity contribution is 0.101. The van der Waals surface area contributed by atoms with Gasteiger partial charge >= 0.3 is 0 Å². The molecular formula is C14H11N3O3. The summed E-state index contributed by atoms with van der Waals surface area (Å²) in [7, 11) is 0. The second kappa shape index (κ2) is 4.34. The van der Waals surface area contributed by atoms with E-state index in [1.54, 1.807) is 24.3 Å². The summed E-state index contributed by atoms with van der Waals surface area (Å²) < 4.78 is 0. The molecule has 6 heteroatoms. The maximum absolute atomic E-state index is 11.5. The summed E-state index contributed by atoms with van der Waals surface area (Å²) in [6.45, 7) is 1.29. The Kier molecular flexibility index (Phi) is 2.64. The Hall–Kier alpha value is -2.89. The number of phenolic OH excluding ortho intramolecular Hbond substituents is 2. The van der Waals surface area contributed by atoms with E-state index in [9.17, 15) is 15.0 Å². The largest absolute Gasteiger partial charge is 0.507 e. The zero-order valence-electron chi connectivity index (χ0n) is 10.6.